The normalized spacial score (nSPS) is 29.3. The third-order valence-electron chi connectivity index (χ3n) is 7.45. The lowest BCUT2D eigenvalue weighted by Gasteiger charge is -2.56. The van der Waals surface area contributed by atoms with Gasteiger partial charge in [-0.15, -0.1) is 0 Å². The molecule has 0 spiro atoms. The van der Waals surface area contributed by atoms with E-state index in [-0.39, 0.29) is 18.4 Å². The van der Waals surface area contributed by atoms with Crippen LogP contribution in [0.5, 0.6) is 0 Å². The van der Waals surface area contributed by atoms with Gasteiger partial charge in [-0.3, -0.25) is 14.0 Å². The maximum atomic E-state index is 13.1. The molecule has 4 bridgehead atoms. The highest BCUT2D eigenvalue weighted by Gasteiger charge is 2.50. The highest BCUT2D eigenvalue weighted by molar-refractivity contribution is 5.93. The van der Waals surface area contributed by atoms with Gasteiger partial charge in [-0.2, -0.15) is 0 Å². The van der Waals surface area contributed by atoms with Gasteiger partial charge in [-0.25, -0.2) is 4.98 Å². The summed E-state index contributed by atoms with van der Waals surface area (Å²) in [5, 5.41) is 6.02. The number of hydrogen-bond donors (Lipinski definition) is 3. The van der Waals surface area contributed by atoms with Crippen LogP contribution in [0.15, 0.2) is 24.4 Å². The van der Waals surface area contributed by atoms with Gasteiger partial charge in [-0.05, 0) is 73.8 Å². The van der Waals surface area contributed by atoms with Crippen molar-refractivity contribution in [2.75, 3.05) is 19.6 Å². The van der Waals surface area contributed by atoms with E-state index in [1.165, 1.54) is 38.5 Å². The van der Waals surface area contributed by atoms with Crippen LogP contribution in [0.25, 0.3) is 5.65 Å². The van der Waals surface area contributed by atoms with E-state index in [0.29, 0.717) is 24.1 Å². The van der Waals surface area contributed by atoms with Crippen molar-refractivity contribution in [1.82, 2.24) is 20.0 Å². The minimum atomic E-state index is -0.177. The van der Waals surface area contributed by atoms with Gasteiger partial charge < -0.3 is 16.4 Å². The van der Waals surface area contributed by atoms with Crippen LogP contribution >= 0.6 is 0 Å². The van der Waals surface area contributed by atoms with Crippen LogP contribution in [0.1, 0.15) is 54.7 Å². The zero-order valence-electron chi connectivity index (χ0n) is 17.4. The molecule has 30 heavy (non-hydrogen) atoms. The molecule has 7 nitrogen and oxygen atoms in total. The van der Waals surface area contributed by atoms with E-state index in [0.717, 1.165) is 35.6 Å². The maximum absolute atomic E-state index is 13.1. The van der Waals surface area contributed by atoms with E-state index >= 15 is 0 Å². The molecule has 7 heteroatoms. The lowest BCUT2D eigenvalue weighted by molar-refractivity contribution is -0.119. The van der Waals surface area contributed by atoms with E-state index < -0.39 is 0 Å². The number of rotatable bonds is 7. The Bertz CT molecular complexity index is 930. The Morgan fingerprint density at radius 2 is 1.80 bits per heavy atom. The zero-order chi connectivity index (χ0) is 20.7. The number of carbonyl (C=O) groups excluding carboxylic acids is 2. The third-order valence-corrected chi connectivity index (χ3v) is 7.45. The Balaban J connectivity index is 1.26. The summed E-state index contributed by atoms with van der Waals surface area (Å²) < 4.78 is 1.86. The van der Waals surface area contributed by atoms with Gasteiger partial charge in [0.15, 0.2) is 0 Å². The standard InChI is InChI=1S/C23H31N5O2/c24-12-21(29)25-5-4-18-13-28-19(2-1-3-20(28)27-18)22(30)26-14-23-9-15-6-16(10-23)8-17(7-15)11-23/h1-3,13,15-17H,4-12,14,24H2,(H,25,29)(H,26,30). The van der Waals surface area contributed by atoms with E-state index in [4.69, 9.17) is 5.73 Å². The SMILES string of the molecule is NCC(=O)NCCc1cn2c(C(=O)NCC34CC5CC(CC(C5)C3)C4)cccc2n1. The molecule has 4 aliphatic rings. The number of nitrogens with zero attached hydrogens (tertiary/aromatic N) is 2. The van der Waals surface area contributed by atoms with Crippen molar-refractivity contribution in [3.8, 4) is 0 Å². The van der Waals surface area contributed by atoms with Crippen LogP contribution in [-0.2, 0) is 11.2 Å². The Kier molecular flexibility index (Phi) is 5.01. The largest absolute Gasteiger partial charge is 0.355 e. The molecule has 2 amide bonds. The summed E-state index contributed by atoms with van der Waals surface area (Å²) >= 11 is 0. The predicted octanol–water partition coefficient (Wildman–Crippen LogP) is 1.90. The molecular formula is C23H31N5O2. The van der Waals surface area contributed by atoms with Crippen LogP contribution in [0.4, 0.5) is 0 Å². The monoisotopic (exact) mass is 409 g/mol. The summed E-state index contributed by atoms with van der Waals surface area (Å²) in [5.41, 5.74) is 7.83. The van der Waals surface area contributed by atoms with Crippen LogP contribution in [0.3, 0.4) is 0 Å². The number of imidazole rings is 1. The molecule has 0 unspecified atom stereocenters. The fourth-order valence-corrected chi connectivity index (χ4v) is 6.63. The smallest absolute Gasteiger partial charge is 0.268 e. The average molecular weight is 410 g/mol. The summed E-state index contributed by atoms with van der Waals surface area (Å²) in [6, 6.07) is 5.63. The van der Waals surface area contributed by atoms with Gasteiger partial charge in [0, 0.05) is 25.7 Å². The summed E-state index contributed by atoms with van der Waals surface area (Å²) in [4.78, 5) is 29.0. The lowest BCUT2D eigenvalue weighted by Crippen LogP contribution is -2.51. The number of amides is 2. The van der Waals surface area contributed by atoms with E-state index in [1.54, 1.807) is 0 Å². The van der Waals surface area contributed by atoms with Gasteiger partial charge in [0.05, 0.1) is 12.2 Å². The van der Waals surface area contributed by atoms with Crippen LogP contribution in [0.2, 0.25) is 0 Å². The van der Waals surface area contributed by atoms with Crippen molar-refractivity contribution in [2.24, 2.45) is 28.9 Å². The average Bonchev–Trinajstić information content (AvgIpc) is 3.14. The fourth-order valence-electron chi connectivity index (χ4n) is 6.63. The van der Waals surface area contributed by atoms with E-state index in [1.807, 2.05) is 28.8 Å². The van der Waals surface area contributed by atoms with Crippen molar-refractivity contribution < 1.29 is 9.59 Å². The second-order valence-electron chi connectivity index (χ2n) is 9.78. The number of fused-ring (bicyclic) bond motifs is 1. The number of hydrogen-bond acceptors (Lipinski definition) is 4. The molecule has 2 aromatic rings. The molecule has 4 saturated carbocycles. The number of nitrogens with two attached hydrogens (primary N) is 1. The first-order valence-electron chi connectivity index (χ1n) is 11.3. The number of carbonyl (C=O) groups is 2. The van der Waals surface area contributed by atoms with E-state index in [9.17, 15) is 9.59 Å². The van der Waals surface area contributed by atoms with Crippen LogP contribution < -0.4 is 16.4 Å². The summed E-state index contributed by atoms with van der Waals surface area (Å²) in [7, 11) is 0. The molecule has 0 atom stereocenters. The van der Waals surface area contributed by atoms with Crippen molar-refractivity contribution in [3.05, 3.63) is 35.8 Å². The molecule has 2 heterocycles. The second kappa shape index (κ2) is 7.69. The minimum absolute atomic E-state index is 0.0147. The first kappa shape index (κ1) is 19.5. The first-order chi connectivity index (χ1) is 14.5. The second-order valence-corrected chi connectivity index (χ2v) is 9.78. The summed E-state index contributed by atoms with van der Waals surface area (Å²) in [6.45, 7) is 1.26. The Morgan fingerprint density at radius 3 is 2.47 bits per heavy atom. The molecule has 6 rings (SSSR count). The van der Waals surface area contributed by atoms with Gasteiger partial charge in [0.1, 0.15) is 11.3 Å². The molecule has 160 valence electrons. The predicted molar refractivity (Wildman–Crippen MR) is 114 cm³/mol. The minimum Gasteiger partial charge on any atom is -0.355 e. The number of aromatic nitrogens is 2. The van der Waals surface area contributed by atoms with Crippen molar-refractivity contribution in [2.45, 2.75) is 44.9 Å². The maximum Gasteiger partial charge on any atom is 0.268 e. The zero-order valence-corrected chi connectivity index (χ0v) is 17.4. The quantitative estimate of drug-likeness (QED) is 0.650. The van der Waals surface area contributed by atoms with Gasteiger partial charge in [-0.1, -0.05) is 6.07 Å². The topological polar surface area (TPSA) is 102 Å². The first-order valence-corrected chi connectivity index (χ1v) is 11.3. The van der Waals surface area contributed by atoms with Gasteiger partial charge >= 0.3 is 0 Å². The summed E-state index contributed by atoms with van der Waals surface area (Å²) in [6.07, 6.45) is 10.6. The fraction of sp³-hybridized carbons (Fsp3) is 0.609. The van der Waals surface area contributed by atoms with Crippen molar-refractivity contribution >= 4 is 17.5 Å². The Hall–Kier alpha value is -2.41. The summed E-state index contributed by atoms with van der Waals surface area (Å²) in [5.74, 6) is 2.44. The van der Waals surface area contributed by atoms with Crippen molar-refractivity contribution in [3.63, 3.8) is 0 Å². The third kappa shape index (κ3) is 3.71. The van der Waals surface area contributed by atoms with E-state index in [2.05, 4.69) is 15.6 Å². The van der Waals surface area contributed by atoms with Gasteiger partial charge in [0.2, 0.25) is 5.91 Å². The Labute approximate surface area is 176 Å². The van der Waals surface area contributed by atoms with Crippen LogP contribution in [0, 0.1) is 23.2 Å². The molecule has 4 N–H and O–H groups in total. The number of pyridine rings is 1. The lowest BCUT2D eigenvalue weighted by atomic mass is 9.49. The van der Waals surface area contributed by atoms with Crippen molar-refractivity contribution in [1.29, 1.82) is 0 Å². The Morgan fingerprint density at radius 1 is 1.10 bits per heavy atom. The molecule has 0 aromatic carbocycles. The molecule has 0 radical (unpaired) electrons. The molecule has 0 saturated heterocycles. The highest BCUT2D eigenvalue weighted by atomic mass is 16.2. The van der Waals surface area contributed by atoms with Gasteiger partial charge in [0.25, 0.3) is 5.91 Å². The molecule has 2 aromatic heterocycles. The van der Waals surface area contributed by atoms with Crippen LogP contribution in [-0.4, -0.2) is 40.8 Å². The molecular weight excluding hydrogens is 378 g/mol. The molecule has 0 aliphatic heterocycles. The number of nitrogens with one attached hydrogen (secondary N) is 2. The highest BCUT2D eigenvalue weighted by Crippen LogP contribution is 2.59. The molecule has 4 aliphatic carbocycles. The molecule has 4 fully saturated rings.